The normalized spacial score (nSPS) is 12.4. The second kappa shape index (κ2) is 7.18. The maximum Gasteiger partial charge on any atom is 0.340 e. The minimum Gasteiger partial charge on any atom is -0.475 e. The molecule has 1 atom stereocenters. The van der Waals surface area contributed by atoms with Crippen LogP contribution >= 0.6 is 15.9 Å². The van der Waals surface area contributed by atoms with Crippen molar-refractivity contribution in [2.45, 2.75) is 33.0 Å². The van der Waals surface area contributed by atoms with E-state index >= 15 is 0 Å². The van der Waals surface area contributed by atoms with Crippen molar-refractivity contribution in [3.8, 4) is 5.88 Å². The van der Waals surface area contributed by atoms with E-state index in [0.717, 1.165) is 9.99 Å². The van der Waals surface area contributed by atoms with Crippen molar-refractivity contribution in [2.24, 2.45) is 0 Å². The topological polar surface area (TPSA) is 90.0 Å². The number of hydrogen-bond donors (Lipinski definition) is 1. The number of fused-ring (bicyclic) bond motifs is 1. The van der Waals surface area contributed by atoms with Gasteiger partial charge in [0.05, 0.1) is 17.2 Å². The first-order valence-electron chi connectivity index (χ1n) is 7.77. The highest BCUT2D eigenvalue weighted by Gasteiger charge is 2.18. The molecule has 0 unspecified atom stereocenters. The van der Waals surface area contributed by atoms with E-state index < -0.39 is 12.1 Å². The summed E-state index contributed by atoms with van der Waals surface area (Å²) < 4.78 is 11.7. The SMILES string of the molecule is CC(C)Oc1ccc(C(=O)O[C@@H](C)c2nc3ncc(Br)cc3[nH]2)cn1. The number of nitrogens with zero attached hydrogens (tertiary/aromatic N) is 3. The van der Waals surface area contributed by atoms with Gasteiger partial charge >= 0.3 is 5.97 Å². The van der Waals surface area contributed by atoms with Crippen molar-refractivity contribution in [3.63, 3.8) is 0 Å². The number of H-pyrrole nitrogens is 1. The van der Waals surface area contributed by atoms with Crippen LogP contribution < -0.4 is 4.74 Å². The first-order chi connectivity index (χ1) is 11.9. The fourth-order valence-electron chi connectivity index (χ4n) is 2.18. The van der Waals surface area contributed by atoms with Crippen LogP contribution in [0.1, 0.15) is 43.1 Å². The number of aromatic nitrogens is 4. The number of carbonyl (C=O) groups excluding carboxylic acids is 1. The third-order valence-corrected chi connectivity index (χ3v) is 3.75. The number of carbonyl (C=O) groups is 1. The second-order valence-corrected chi connectivity index (χ2v) is 6.66. The summed E-state index contributed by atoms with van der Waals surface area (Å²) in [7, 11) is 0. The van der Waals surface area contributed by atoms with E-state index in [1.54, 1.807) is 25.3 Å². The maximum atomic E-state index is 12.3. The molecule has 25 heavy (non-hydrogen) atoms. The average molecular weight is 405 g/mol. The van der Waals surface area contributed by atoms with Crippen molar-refractivity contribution in [1.29, 1.82) is 0 Å². The van der Waals surface area contributed by atoms with Gasteiger partial charge in [-0.25, -0.2) is 19.7 Å². The van der Waals surface area contributed by atoms with Crippen LogP contribution in [0.5, 0.6) is 5.88 Å². The van der Waals surface area contributed by atoms with Gasteiger partial charge in [0.25, 0.3) is 0 Å². The maximum absolute atomic E-state index is 12.3. The monoisotopic (exact) mass is 404 g/mol. The number of nitrogens with one attached hydrogen (secondary N) is 1. The molecule has 0 fully saturated rings. The number of halogens is 1. The Morgan fingerprint density at radius 1 is 1.20 bits per heavy atom. The first-order valence-corrected chi connectivity index (χ1v) is 8.56. The number of esters is 1. The Hall–Kier alpha value is -2.48. The molecule has 0 amide bonds. The van der Waals surface area contributed by atoms with E-state index in [-0.39, 0.29) is 6.10 Å². The molecule has 0 aliphatic rings. The van der Waals surface area contributed by atoms with Crippen LogP contribution in [0, 0.1) is 0 Å². The average Bonchev–Trinajstić information content (AvgIpc) is 2.98. The molecule has 1 N–H and O–H groups in total. The molecule has 0 bridgehead atoms. The second-order valence-electron chi connectivity index (χ2n) is 5.75. The molecule has 8 heteroatoms. The molecule has 0 aromatic carbocycles. The Morgan fingerprint density at radius 2 is 2.00 bits per heavy atom. The molecular formula is C17H17BrN4O3. The smallest absolute Gasteiger partial charge is 0.340 e. The fourth-order valence-corrected chi connectivity index (χ4v) is 2.51. The summed E-state index contributed by atoms with van der Waals surface area (Å²) in [5, 5.41) is 0. The Kier molecular flexibility index (Phi) is 4.98. The molecule has 0 aliphatic heterocycles. The van der Waals surface area contributed by atoms with Crippen LogP contribution in [0.15, 0.2) is 35.1 Å². The van der Waals surface area contributed by atoms with Gasteiger partial charge in [-0.1, -0.05) is 0 Å². The summed E-state index contributed by atoms with van der Waals surface area (Å²) >= 11 is 3.36. The molecule has 3 rings (SSSR count). The minimum atomic E-state index is -0.549. The van der Waals surface area contributed by atoms with Gasteiger partial charge in [0, 0.05) is 22.9 Å². The highest BCUT2D eigenvalue weighted by molar-refractivity contribution is 9.10. The molecule has 0 saturated carbocycles. The summed E-state index contributed by atoms with van der Waals surface area (Å²) in [6.45, 7) is 5.56. The fraction of sp³-hybridized carbons (Fsp3) is 0.294. The van der Waals surface area contributed by atoms with Gasteiger partial charge in [-0.05, 0) is 48.8 Å². The van der Waals surface area contributed by atoms with Gasteiger partial charge in [-0.3, -0.25) is 0 Å². The van der Waals surface area contributed by atoms with E-state index in [1.165, 1.54) is 6.20 Å². The first kappa shape index (κ1) is 17.3. The Balaban J connectivity index is 1.70. The van der Waals surface area contributed by atoms with Crippen molar-refractivity contribution < 1.29 is 14.3 Å². The predicted molar refractivity (Wildman–Crippen MR) is 95.4 cm³/mol. The zero-order chi connectivity index (χ0) is 18.0. The minimum absolute atomic E-state index is 0.0204. The highest BCUT2D eigenvalue weighted by Crippen LogP contribution is 2.21. The number of aromatic amines is 1. The van der Waals surface area contributed by atoms with Gasteiger partial charge in [0.1, 0.15) is 5.82 Å². The number of hydrogen-bond acceptors (Lipinski definition) is 6. The molecule has 130 valence electrons. The zero-order valence-corrected chi connectivity index (χ0v) is 15.6. The van der Waals surface area contributed by atoms with Gasteiger partial charge in [-0.2, -0.15) is 0 Å². The molecule has 7 nitrogen and oxygen atoms in total. The van der Waals surface area contributed by atoms with Crippen molar-refractivity contribution in [3.05, 3.63) is 46.5 Å². The third-order valence-electron chi connectivity index (χ3n) is 3.32. The lowest BCUT2D eigenvalue weighted by Gasteiger charge is -2.11. The van der Waals surface area contributed by atoms with Crippen LogP contribution in [0.25, 0.3) is 11.2 Å². The quantitative estimate of drug-likeness (QED) is 0.649. The predicted octanol–water partition coefficient (Wildman–Crippen LogP) is 3.82. The molecular weight excluding hydrogens is 388 g/mol. The lowest BCUT2D eigenvalue weighted by atomic mass is 10.3. The lowest BCUT2D eigenvalue weighted by Crippen LogP contribution is -2.11. The largest absolute Gasteiger partial charge is 0.475 e. The number of imidazole rings is 1. The summed E-state index contributed by atoms with van der Waals surface area (Å²) in [6, 6.07) is 5.13. The van der Waals surface area contributed by atoms with E-state index in [9.17, 15) is 4.79 Å². The van der Waals surface area contributed by atoms with Gasteiger partial charge in [0.15, 0.2) is 11.8 Å². The molecule has 0 spiro atoms. The van der Waals surface area contributed by atoms with Crippen molar-refractivity contribution in [1.82, 2.24) is 19.9 Å². The standard InChI is InChI=1S/C17H17BrN4O3/c1-9(2)24-14-5-4-11(7-19-14)17(23)25-10(3)15-21-13-6-12(18)8-20-16(13)22-15/h4-10H,1-3H3,(H,20,21,22)/t10-/m0/s1. The van der Waals surface area contributed by atoms with Crippen molar-refractivity contribution in [2.75, 3.05) is 0 Å². The van der Waals surface area contributed by atoms with Gasteiger partial charge in [-0.15, -0.1) is 0 Å². The molecule has 3 heterocycles. The van der Waals surface area contributed by atoms with Crippen LogP contribution in [0.4, 0.5) is 0 Å². The summed E-state index contributed by atoms with van der Waals surface area (Å²) in [6.07, 6.45) is 2.57. The Morgan fingerprint density at radius 3 is 2.68 bits per heavy atom. The van der Waals surface area contributed by atoms with E-state index in [2.05, 4.69) is 35.9 Å². The van der Waals surface area contributed by atoms with Gasteiger partial charge in [0.2, 0.25) is 5.88 Å². The van der Waals surface area contributed by atoms with E-state index in [0.29, 0.717) is 22.9 Å². The lowest BCUT2D eigenvalue weighted by molar-refractivity contribution is 0.0321. The molecule has 3 aromatic heterocycles. The van der Waals surface area contributed by atoms with E-state index in [4.69, 9.17) is 9.47 Å². The van der Waals surface area contributed by atoms with Crippen LogP contribution in [0.2, 0.25) is 0 Å². The number of rotatable bonds is 5. The summed E-state index contributed by atoms with van der Waals surface area (Å²) in [5.41, 5.74) is 1.68. The molecule has 0 aliphatic carbocycles. The van der Waals surface area contributed by atoms with Crippen LogP contribution in [-0.2, 0) is 4.74 Å². The van der Waals surface area contributed by atoms with Crippen LogP contribution in [-0.4, -0.2) is 32.0 Å². The molecule has 0 saturated heterocycles. The molecule has 3 aromatic rings. The molecule has 0 radical (unpaired) electrons. The number of ether oxygens (including phenoxy) is 2. The van der Waals surface area contributed by atoms with Crippen LogP contribution in [0.3, 0.4) is 0 Å². The Bertz CT molecular complexity index is 893. The zero-order valence-electron chi connectivity index (χ0n) is 14.0. The highest BCUT2D eigenvalue weighted by atomic mass is 79.9. The van der Waals surface area contributed by atoms with E-state index in [1.807, 2.05) is 19.9 Å². The summed E-state index contributed by atoms with van der Waals surface area (Å²) in [5.74, 6) is 0.515. The summed E-state index contributed by atoms with van der Waals surface area (Å²) in [4.78, 5) is 28.0. The third kappa shape index (κ3) is 4.14. The Labute approximate surface area is 152 Å². The van der Waals surface area contributed by atoms with Gasteiger partial charge < -0.3 is 14.5 Å². The number of pyridine rings is 2. The van der Waals surface area contributed by atoms with Crippen molar-refractivity contribution >= 4 is 33.1 Å².